The van der Waals surface area contributed by atoms with E-state index in [1.165, 1.54) is 16.5 Å². The van der Waals surface area contributed by atoms with E-state index in [0.29, 0.717) is 6.71 Å². The molecule has 0 spiro atoms. The van der Waals surface area contributed by atoms with E-state index in [-0.39, 0.29) is 0 Å². The zero-order valence-electron chi connectivity index (χ0n) is 11.7. The molecular formula is C12H27BSi2. The van der Waals surface area contributed by atoms with Gasteiger partial charge in [0.25, 0.3) is 0 Å². The molecule has 0 nitrogen and oxygen atoms in total. The third-order valence-electron chi connectivity index (χ3n) is 3.18. The highest BCUT2D eigenvalue weighted by atomic mass is 28.3. The maximum Gasteiger partial charge on any atom is 0.189 e. The van der Waals surface area contributed by atoms with E-state index in [1.807, 2.05) is 0 Å². The molecule has 15 heavy (non-hydrogen) atoms. The van der Waals surface area contributed by atoms with E-state index in [2.05, 4.69) is 59.4 Å². The minimum atomic E-state index is -1.22. The van der Waals surface area contributed by atoms with Gasteiger partial charge in [0.05, 0.1) is 16.1 Å². The van der Waals surface area contributed by atoms with Crippen molar-refractivity contribution >= 4 is 22.9 Å². The third kappa shape index (κ3) is 4.15. The minimum absolute atomic E-state index is 0.573. The van der Waals surface area contributed by atoms with E-state index in [1.54, 1.807) is 0 Å². The van der Waals surface area contributed by atoms with Crippen molar-refractivity contribution in [2.24, 2.45) is 0 Å². The molecule has 3 heteroatoms. The Morgan fingerprint density at radius 1 is 0.867 bits per heavy atom. The molecule has 0 aliphatic rings. The number of hydrogen-bond acceptors (Lipinski definition) is 0. The Balaban J connectivity index is 4.96. The van der Waals surface area contributed by atoms with E-state index in [9.17, 15) is 0 Å². The van der Waals surface area contributed by atoms with E-state index < -0.39 is 16.1 Å². The number of hydrogen-bond donors (Lipinski definition) is 0. The Labute approximate surface area is 99.0 Å². The SMILES string of the molecule is C=C(B(CC)C(=C)[Si](C)(C)C)[Si](C)(C)C. The van der Waals surface area contributed by atoms with Gasteiger partial charge < -0.3 is 0 Å². The molecule has 0 bridgehead atoms. The molecule has 0 saturated carbocycles. The van der Waals surface area contributed by atoms with Crippen LogP contribution in [0.25, 0.3) is 0 Å². The first-order valence-electron chi connectivity index (χ1n) is 5.90. The highest BCUT2D eigenvalue weighted by molar-refractivity contribution is 7.08. The molecule has 86 valence electrons. The molecule has 0 aromatic carbocycles. The van der Waals surface area contributed by atoms with Gasteiger partial charge in [0.1, 0.15) is 0 Å². The molecule has 0 aliphatic carbocycles. The molecule has 0 radical (unpaired) electrons. The van der Waals surface area contributed by atoms with E-state index in [0.717, 1.165) is 0 Å². The highest BCUT2D eigenvalue weighted by Crippen LogP contribution is 2.26. The summed E-state index contributed by atoms with van der Waals surface area (Å²) in [5.74, 6) is 0. The van der Waals surface area contributed by atoms with Crippen LogP contribution in [0.15, 0.2) is 23.3 Å². The summed E-state index contributed by atoms with van der Waals surface area (Å²) < 4.78 is 0. The van der Waals surface area contributed by atoms with Gasteiger partial charge >= 0.3 is 0 Å². The number of rotatable bonds is 5. The average molecular weight is 238 g/mol. The second-order valence-corrected chi connectivity index (χ2v) is 16.8. The van der Waals surface area contributed by atoms with Gasteiger partial charge in [0.2, 0.25) is 0 Å². The van der Waals surface area contributed by atoms with Crippen molar-refractivity contribution < 1.29 is 0 Å². The van der Waals surface area contributed by atoms with Gasteiger partial charge in [-0.25, -0.2) is 0 Å². The van der Waals surface area contributed by atoms with Crippen molar-refractivity contribution in [2.75, 3.05) is 0 Å². The van der Waals surface area contributed by atoms with Crippen LogP contribution in [0.3, 0.4) is 0 Å². The predicted octanol–water partition coefficient (Wildman–Crippen LogP) is 4.45. The van der Waals surface area contributed by atoms with Crippen LogP contribution in [-0.4, -0.2) is 22.9 Å². The Morgan fingerprint density at radius 2 is 1.13 bits per heavy atom. The van der Waals surface area contributed by atoms with Crippen molar-refractivity contribution in [3.63, 3.8) is 0 Å². The first kappa shape index (κ1) is 15.0. The van der Waals surface area contributed by atoms with Crippen LogP contribution in [0.5, 0.6) is 0 Å². The Bertz CT molecular complexity index is 230. The van der Waals surface area contributed by atoms with Crippen molar-refractivity contribution in [3.05, 3.63) is 23.3 Å². The lowest BCUT2D eigenvalue weighted by Gasteiger charge is -2.32. The molecule has 0 saturated heterocycles. The van der Waals surface area contributed by atoms with Gasteiger partial charge in [0, 0.05) is 0 Å². The molecule has 0 rings (SSSR count). The minimum Gasteiger partial charge on any atom is -0.113 e. The van der Waals surface area contributed by atoms with E-state index in [4.69, 9.17) is 0 Å². The summed E-state index contributed by atoms with van der Waals surface area (Å²) in [7, 11) is -2.44. The Kier molecular flexibility index (Phi) is 4.87. The maximum absolute atomic E-state index is 4.35. The van der Waals surface area contributed by atoms with Crippen molar-refractivity contribution in [1.29, 1.82) is 0 Å². The second kappa shape index (κ2) is 4.87. The fourth-order valence-electron chi connectivity index (χ4n) is 1.75. The molecule has 0 aliphatic heterocycles. The van der Waals surface area contributed by atoms with Crippen LogP contribution in [-0.2, 0) is 0 Å². The van der Waals surface area contributed by atoms with Crippen LogP contribution in [0, 0.1) is 0 Å². The summed E-state index contributed by atoms with van der Waals surface area (Å²) in [5.41, 5.74) is 0. The smallest absolute Gasteiger partial charge is 0.113 e. The van der Waals surface area contributed by atoms with Gasteiger partial charge in [-0.1, -0.05) is 52.5 Å². The van der Waals surface area contributed by atoms with Gasteiger partial charge in [-0.05, 0) is 0 Å². The van der Waals surface area contributed by atoms with Crippen LogP contribution < -0.4 is 0 Å². The normalized spacial score (nSPS) is 12.5. The monoisotopic (exact) mass is 238 g/mol. The summed E-state index contributed by atoms with van der Waals surface area (Å²) in [6, 6.07) is 0. The molecule has 0 heterocycles. The zero-order valence-corrected chi connectivity index (χ0v) is 13.7. The first-order valence-corrected chi connectivity index (χ1v) is 12.9. The molecule has 0 unspecified atom stereocenters. The van der Waals surface area contributed by atoms with Crippen LogP contribution >= 0.6 is 0 Å². The Hall–Kier alpha value is -0.0213. The lowest BCUT2D eigenvalue weighted by atomic mass is 9.47. The lowest BCUT2D eigenvalue weighted by molar-refractivity contribution is 1.42. The molecular weight excluding hydrogens is 211 g/mol. The predicted molar refractivity (Wildman–Crippen MR) is 81.2 cm³/mol. The van der Waals surface area contributed by atoms with E-state index >= 15 is 0 Å². The zero-order chi connectivity index (χ0) is 12.4. The fourth-order valence-corrected chi connectivity index (χ4v) is 4.74. The molecule has 0 atom stereocenters. The summed E-state index contributed by atoms with van der Waals surface area (Å²) in [6.07, 6.45) is 1.17. The summed E-state index contributed by atoms with van der Waals surface area (Å²) in [6.45, 7) is 25.9. The average Bonchev–Trinajstić information content (AvgIpc) is 2.01. The van der Waals surface area contributed by atoms with Crippen molar-refractivity contribution in [3.8, 4) is 0 Å². The topological polar surface area (TPSA) is 0 Å². The Morgan fingerprint density at radius 3 is 1.27 bits per heavy atom. The summed E-state index contributed by atoms with van der Waals surface area (Å²) in [4.78, 5) is 0. The van der Waals surface area contributed by atoms with Gasteiger partial charge in [-0.2, -0.15) is 0 Å². The highest BCUT2D eigenvalue weighted by Gasteiger charge is 2.33. The summed E-state index contributed by atoms with van der Waals surface area (Å²) >= 11 is 0. The standard InChI is InChI=1S/C12H27BSi2/c1-10-13(11(2)14(4,5)6)12(3)15(7,8)9/h2-3,10H2,1,4-9H3. The third-order valence-corrected chi connectivity index (χ3v) is 7.73. The second-order valence-electron chi connectivity index (χ2n) is 6.51. The first-order chi connectivity index (χ1) is 6.51. The van der Waals surface area contributed by atoms with Gasteiger partial charge in [-0.15, -0.1) is 23.3 Å². The van der Waals surface area contributed by atoms with Crippen molar-refractivity contribution in [1.82, 2.24) is 0 Å². The quantitative estimate of drug-likeness (QED) is 0.621. The van der Waals surface area contributed by atoms with Crippen LogP contribution in [0.1, 0.15) is 6.92 Å². The maximum atomic E-state index is 4.35. The molecule has 0 fully saturated rings. The molecule has 0 N–H and O–H groups in total. The molecule has 0 aromatic rings. The molecule has 0 amide bonds. The van der Waals surface area contributed by atoms with Crippen LogP contribution in [0.2, 0.25) is 45.6 Å². The van der Waals surface area contributed by atoms with Crippen LogP contribution in [0.4, 0.5) is 0 Å². The lowest BCUT2D eigenvalue weighted by Crippen LogP contribution is -2.41. The fraction of sp³-hybridized carbons (Fsp3) is 0.667. The summed E-state index contributed by atoms with van der Waals surface area (Å²) in [5, 5.41) is 2.97. The molecule has 0 aromatic heterocycles. The largest absolute Gasteiger partial charge is 0.189 e. The van der Waals surface area contributed by atoms with Gasteiger partial charge in [-0.3, -0.25) is 0 Å². The van der Waals surface area contributed by atoms with Crippen molar-refractivity contribution in [2.45, 2.75) is 52.5 Å². The van der Waals surface area contributed by atoms with Gasteiger partial charge in [0.15, 0.2) is 6.71 Å².